The SMILES string of the molecule is Cc1cc(C)cc(NC(=O)C(C#N)=C2N=C(NC(=O)c3ccccc3)c3ccccc32)c1. The number of nitriles is 1. The molecule has 0 aromatic heterocycles. The Bertz CT molecular complexity index is 1310. The highest BCUT2D eigenvalue weighted by atomic mass is 16.2. The molecule has 0 saturated carbocycles. The third-order valence-corrected chi connectivity index (χ3v) is 4.98. The highest BCUT2D eigenvalue weighted by Gasteiger charge is 2.27. The minimum atomic E-state index is -0.554. The number of aryl methyl sites for hydroxylation is 2. The van der Waals surface area contributed by atoms with Crippen molar-refractivity contribution >= 4 is 29.0 Å². The third-order valence-electron chi connectivity index (χ3n) is 4.98. The molecular formula is C26H20N4O2. The molecule has 3 aromatic carbocycles. The summed E-state index contributed by atoms with van der Waals surface area (Å²) in [5.41, 5.74) is 4.46. The molecule has 6 heteroatoms. The molecule has 32 heavy (non-hydrogen) atoms. The van der Waals surface area contributed by atoms with Crippen LogP contribution in [0.25, 0.3) is 5.70 Å². The number of benzene rings is 3. The smallest absolute Gasteiger partial charge is 0.268 e. The van der Waals surface area contributed by atoms with Crippen molar-refractivity contribution in [3.63, 3.8) is 0 Å². The van der Waals surface area contributed by atoms with Gasteiger partial charge in [-0.05, 0) is 49.2 Å². The molecule has 1 heterocycles. The van der Waals surface area contributed by atoms with E-state index in [0.29, 0.717) is 28.2 Å². The summed E-state index contributed by atoms with van der Waals surface area (Å²) >= 11 is 0. The van der Waals surface area contributed by atoms with E-state index in [2.05, 4.69) is 15.6 Å². The third kappa shape index (κ3) is 4.18. The molecule has 156 valence electrons. The number of hydrogen-bond acceptors (Lipinski definition) is 4. The Morgan fingerprint density at radius 1 is 0.844 bits per heavy atom. The molecule has 0 bridgehead atoms. The van der Waals surface area contributed by atoms with Crippen LogP contribution in [0.3, 0.4) is 0 Å². The van der Waals surface area contributed by atoms with Crippen LogP contribution >= 0.6 is 0 Å². The Morgan fingerprint density at radius 2 is 1.47 bits per heavy atom. The normalized spacial score (nSPS) is 13.5. The molecule has 4 rings (SSSR count). The second-order valence-corrected chi connectivity index (χ2v) is 7.49. The summed E-state index contributed by atoms with van der Waals surface area (Å²) in [6, 6.07) is 23.6. The fourth-order valence-corrected chi connectivity index (χ4v) is 3.64. The first-order chi connectivity index (χ1) is 15.5. The monoisotopic (exact) mass is 420 g/mol. The lowest BCUT2D eigenvalue weighted by Gasteiger charge is -2.08. The zero-order valence-corrected chi connectivity index (χ0v) is 17.6. The Kier molecular flexibility index (Phi) is 5.65. The van der Waals surface area contributed by atoms with Gasteiger partial charge in [0.25, 0.3) is 11.8 Å². The van der Waals surface area contributed by atoms with Crippen LogP contribution in [0, 0.1) is 25.2 Å². The second kappa shape index (κ2) is 8.70. The summed E-state index contributed by atoms with van der Waals surface area (Å²) in [7, 11) is 0. The van der Waals surface area contributed by atoms with Crippen LogP contribution in [0.15, 0.2) is 83.4 Å². The van der Waals surface area contributed by atoms with E-state index < -0.39 is 5.91 Å². The summed E-state index contributed by atoms with van der Waals surface area (Å²) in [4.78, 5) is 30.1. The van der Waals surface area contributed by atoms with E-state index in [-0.39, 0.29) is 17.2 Å². The Labute approximate surface area is 185 Å². The van der Waals surface area contributed by atoms with Crippen molar-refractivity contribution in [1.82, 2.24) is 5.32 Å². The lowest BCUT2D eigenvalue weighted by Crippen LogP contribution is -2.30. The highest BCUT2D eigenvalue weighted by molar-refractivity contribution is 6.21. The van der Waals surface area contributed by atoms with Crippen LogP contribution in [0.1, 0.15) is 32.6 Å². The van der Waals surface area contributed by atoms with Gasteiger partial charge in [0.05, 0.1) is 5.70 Å². The van der Waals surface area contributed by atoms with E-state index in [1.807, 2.05) is 50.2 Å². The van der Waals surface area contributed by atoms with Crippen molar-refractivity contribution in [2.75, 3.05) is 5.32 Å². The van der Waals surface area contributed by atoms with E-state index in [0.717, 1.165) is 11.1 Å². The molecule has 0 saturated heterocycles. The van der Waals surface area contributed by atoms with Crippen molar-refractivity contribution in [3.05, 3.63) is 106 Å². The fourth-order valence-electron chi connectivity index (χ4n) is 3.64. The minimum Gasteiger partial charge on any atom is -0.321 e. The van der Waals surface area contributed by atoms with Crippen molar-refractivity contribution in [3.8, 4) is 6.07 Å². The standard InChI is InChI=1S/C26H20N4O2/c1-16-12-17(2)14-19(13-16)28-26(32)22(15-27)23-20-10-6-7-11-21(20)24(29-23)30-25(31)18-8-4-3-5-9-18/h3-14H,1-2H3,(H,28,32)(H,29,30,31). The number of rotatable bonds is 3. The molecule has 1 aliphatic heterocycles. The van der Waals surface area contributed by atoms with Crippen LogP contribution in [-0.4, -0.2) is 17.6 Å². The molecule has 6 nitrogen and oxygen atoms in total. The Hall–Kier alpha value is -4.50. The van der Waals surface area contributed by atoms with Gasteiger partial charge in [-0.15, -0.1) is 0 Å². The maximum absolute atomic E-state index is 13.0. The van der Waals surface area contributed by atoms with Crippen LogP contribution in [0.4, 0.5) is 5.69 Å². The van der Waals surface area contributed by atoms with Gasteiger partial charge in [-0.3, -0.25) is 9.59 Å². The number of nitrogens with one attached hydrogen (secondary N) is 2. The number of nitrogens with zero attached hydrogens (tertiary/aromatic N) is 2. The van der Waals surface area contributed by atoms with Crippen LogP contribution < -0.4 is 10.6 Å². The number of carbonyl (C=O) groups excluding carboxylic acids is 2. The van der Waals surface area contributed by atoms with Gasteiger partial charge in [0, 0.05) is 22.4 Å². The van der Waals surface area contributed by atoms with Crippen LogP contribution in [0.2, 0.25) is 0 Å². The van der Waals surface area contributed by atoms with Gasteiger partial charge < -0.3 is 10.6 Å². The number of amides is 2. The number of aliphatic imine (C=N–C) groups is 1. The molecule has 2 N–H and O–H groups in total. The predicted octanol–water partition coefficient (Wildman–Crippen LogP) is 4.37. The molecular weight excluding hydrogens is 400 g/mol. The lowest BCUT2D eigenvalue weighted by atomic mass is 10.0. The second-order valence-electron chi connectivity index (χ2n) is 7.49. The first kappa shape index (κ1) is 20.8. The predicted molar refractivity (Wildman–Crippen MR) is 124 cm³/mol. The topological polar surface area (TPSA) is 94.3 Å². The van der Waals surface area contributed by atoms with E-state index in [1.165, 1.54) is 0 Å². The summed E-state index contributed by atoms with van der Waals surface area (Å²) in [5.74, 6) is -0.573. The molecule has 0 radical (unpaired) electrons. The van der Waals surface area contributed by atoms with Crippen molar-refractivity contribution in [1.29, 1.82) is 5.26 Å². The highest BCUT2D eigenvalue weighted by Crippen LogP contribution is 2.31. The van der Waals surface area contributed by atoms with E-state index in [4.69, 9.17) is 0 Å². The maximum Gasteiger partial charge on any atom is 0.268 e. The molecule has 0 spiro atoms. The Morgan fingerprint density at radius 3 is 2.12 bits per heavy atom. The number of carbonyl (C=O) groups is 2. The van der Waals surface area contributed by atoms with E-state index in [9.17, 15) is 14.9 Å². The Balaban J connectivity index is 1.70. The van der Waals surface area contributed by atoms with Crippen LogP contribution in [-0.2, 0) is 4.79 Å². The summed E-state index contributed by atoms with van der Waals surface area (Å²) in [6.07, 6.45) is 0. The lowest BCUT2D eigenvalue weighted by molar-refractivity contribution is -0.112. The van der Waals surface area contributed by atoms with Crippen molar-refractivity contribution in [2.45, 2.75) is 13.8 Å². The molecule has 2 amide bonds. The van der Waals surface area contributed by atoms with E-state index >= 15 is 0 Å². The zero-order valence-electron chi connectivity index (χ0n) is 17.6. The van der Waals surface area contributed by atoms with Gasteiger partial charge >= 0.3 is 0 Å². The van der Waals surface area contributed by atoms with Crippen molar-refractivity contribution in [2.24, 2.45) is 4.99 Å². The average molecular weight is 420 g/mol. The number of hydrogen-bond donors (Lipinski definition) is 2. The van der Waals surface area contributed by atoms with Gasteiger partial charge in [0.1, 0.15) is 17.5 Å². The molecule has 0 unspecified atom stereocenters. The molecule has 3 aromatic rings. The number of anilines is 1. The fraction of sp³-hybridized carbons (Fsp3) is 0.0769. The maximum atomic E-state index is 13.0. The molecule has 0 aliphatic carbocycles. The first-order valence-electron chi connectivity index (χ1n) is 10.0. The first-order valence-corrected chi connectivity index (χ1v) is 10.0. The van der Waals surface area contributed by atoms with Gasteiger partial charge in [0.15, 0.2) is 0 Å². The van der Waals surface area contributed by atoms with Gasteiger partial charge in [-0.2, -0.15) is 5.26 Å². The molecule has 0 fully saturated rings. The van der Waals surface area contributed by atoms with Crippen molar-refractivity contribution < 1.29 is 9.59 Å². The van der Waals surface area contributed by atoms with Gasteiger partial charge in [-0.25, -0.2) is 4.99 Å². The molecule has 1 aliphatic rings. The van der Waals surface area contributed by atoms with Gasteiger partial charge in [0.2, 0.25) is 0 Å². The van der Waals surface area contributed by atoms with E-state index in [1.54, 1.807) is 42.5 Å². The average Bonchev–Trinajstić information content (AvgIpc) is 3.12. The molecule has 0 atom stereocenters. The quantitative estimate of drug-likeness (QED) is 0.487. The number of amidine groups is 1. The summed E-state index contributed by atoms with van der Waals surface area (Å²) in [6.45, 7) is 3.87. The van der Waals surface area contributed by atoms with Gasteiger partial charge in [-0.1, -0.05) is 48.5 Å². The number of fused-ring (bicyclic) bond motifs is 1. The van der Waals surface area contributed by atoms with Crippen LogP contribution in [0.5, 0.6) is 0 Å². The summed E-state index contributed by atoms with van der Waals surface area (Å²) < 4.78 is 0. The minimum absolute atomic E-state index is 0.124. The largest absolute Gasteiger partial charge is 0.321 e. The zero-order chi connectivity index (χ0) is 22.7. The summed E-state index contributed by atoms with van der Waals surface area (Å²) in [5, 5.41) is 15.4.